The lowest BCUT2D eigenvalue weighted by Crippen LogP contribution is -2.25. The van der Waals surface area contributed by atoms with E-state index in [-0.39, 0.29) is 27.5 Å². The number of ether oxygens (including phenoxy) is 2. The van der Waals surface area contributed by atoms with E-state index in [1.807, 2.05) is 6.92 Å². The highest BCUT2D eigenvalue weighted by Crippen LogP contribution is 2.32. The maximum atomic E-state index is 13.0. The van der Waals surface area contributed by atoms with E-state index in [0.29, 0.717) is 5.03 Å². The van der Waals surface area contributed by atoms with Gasteiger partial charge in [0.15, 0.2) is 0 Å². The summed E-state index contributed by atoms with van der Waals surface area (Å²) < 4.78 is 23.1. The molecule has 0 spiro atoms. The van der Waals surface area contributed by atoms with Crippen LogP contribution in [0.5, 0.6) is 0 Å². The Morgan fingerprint density at radius 2 is 1.68 bits per heavy atom. The quantitative estimate of drug-likeness (QED) is 0.836. The molecule has 1 aromatic heterocycles. The summed E-state index contributed by atoms with van der Waals surface area (Å²) >= 11 is 0. The summed E-state index contributed by atoms with van der Waals surface area (Å²) in [7, 11) is 0.863. The summed E-state index contributed by atoms with van der Waals surface area (Å²) in [4.78, 5) is 29.8. The van der Waals surface area contributed by atoms with Gasteiger partial charge in [0.1, 0.15) is 15.8 Å². The molecule has 0 saturated carbocycles. The molecule has 0 aliphatic heterocycles. The van der Waals surface area contributed by atoms with Gasteiger partial charge >= 0.3 is 0 Å². The van der Waals surface area contributed by atoms with Crippen LogP contribution in [-0.4, -0.2) is 35.0 Å². The minimum atomic E-state index is -1.72. The first-order valence-electron chi connectivity index (χ1n) is 7.38. The molecule has 0 N–H and O–H groups in total. The molecule has 0 fully saturated rings. The zero-order valence-corrected chi connectivity index (χ0v) is 14.7. The number of aromatic nitrogens is 1. The Morgan fingerprint density at radius 3 is 2.32 bits per heavy atom. The zero-order chi connectivity index (χ0) is 18.1. The lowest BCUT2D eigenvalue weighted by Gasteiger charge is -2.20. The number of allylic oxidation sites excluding steroid dienone is 2. The lowest BCUT2D eigenvalue weighted by molar-refractivity contribution is 0.0826. The van der Waals surface area contributed by atoms with Crippen LogP contribution in [0.1, 0.15) is 26.3 Å². The summed E-state index contributed by atoms with van der Waals surface area (Å²) in [5.74, 6) is -1.37. The molecule has 1 aliphatic carbocycles. The second-order valence-corrected chi connectivity index (χ2v) is 6.74. The number of methoxy groups -OCH3 is 2. The molecule has 1 unspecified atom stereocenters. The summed E-state index contributed by atoms with van der Waals surface area (Å²) in [6.07, 6.45) is 1.55. The van der Waals surface area contributed by atoms with Crippen molar-refractivity contribution in [3.8, 4) is 0 Å². The molecule has 0 radical (unpaired) electrons. The summed E-state index contributed by atoms with van der Waals surface area (Å²) in [5, 5.41) is 0.314. The first-order chi connectivity index (χ1) is 12.0. The Kier molecular flexibility index (Phi) is 4.50. The third kappa shape index (κ3) is 2.76. The first-order valence-corrected chi connectivity index (χ1v) is 8.53. The van der Waals surface area contributed by atoms with Gasteiger partial charge in [-0.15, -0.1) is 0 Å². The molecule has 7 heteroatoms. The van der Waals surface area contributed by atoms with Crippen LogP contribution >= 0.6 is 0 Å². The van der Waals surface area contributed by atoms with Crippen LogP contribution < -0.4 is 0 Å². The standard InChI is InChI=1S/C18H15NO5S/c1-10-7-8-19-13(9-10)25(22)12-6-4-5-11-14(12)16(21)18(24-3)17(23-2)15(11)20/h4-9H,1-3H3. The number of pyridine rings is 1. The van der Waals surface area contributed by atoms with Gasteiger partial charge in [-0.25, -0.2) is 9.19 Å². The fourth-order valence-corrected chi connectivity index (χ4v) is 3.91. The fraction of sp³-hybridized carbons (Fsp3) is 0.167. The molecule has 0 saturated heterocycles. The van der Waals surface area contributed by atoms with E-state index in [0.717, 1.165) is 5.56 Å². The minimum absolute atomic E-state index is 0.0618. The number of carbonyl (C=O) groups excluding carboxylic acids is 2. The predicted octanol–water partition coefficient (Wildman–Crippen LogP) is 2.44. The van der Waals surface area contributed by atoms with Crippen molar-refractivity contribution in [1.82, 2.24) is 4.98 Å². The highest BCUT2D eigenvalue weighted by Gasteiger charge is 2.37. The first kappa shape index (κ1) is 17.0. The number of hydrogen-bond donors (Lipinski definition) is 0. The maximum absolute atomic E-state index is 13.0. The van der Waals surface area contributed by atoms with Gasteiger partial charge < -0.3 is 9.47 Å². The smallest absolute Gasteiger partial charge is 0.233 e. The number of Topliss-reactive ketones (excluding diaryl/α,β-unsaturated/α-hetero) is 2. The van der Waals surface area contributed by atoms with Gasteiger partial charge in [0.05, 0.1) is 24.7 Å². The van der Waals surface area contributed by atoms with E-state index in [2.05, 4.69) is 4.98 Å². The van der Waals surface area contributed by atoms with Crippen LogP contribution in [-0.2, 0) is 20.3 Å². The zero-order valence-electron chi connectivity index (χ0n) is 13.9. The Labute approximate surface area is 146 Å². The van der Waals surface area contributed by atoms with Crippen LogP contribution in [0.3, 0.4) is 0 Å². The van der Waals surface area contributed by atoms with E-state index < -0.39 is 22.4 Å². The molecule has 0 amide bonds. The van der Waals surface area contributed by atoms with Gasteiger partial charge in [0.25, 0.3) is 0 Å². The molecule has 2 aromatic rings. The maximum Gasteiger partial charge on any atom is 0.233 e. The second kappa shape index (κ2) is 6.60. The van der Waals surface area contributed by atoms with Crippen LogP contribution in [0.4, 0.5) is 0 Å². The van der Waals surface area contributed by atoms with Gasteiger partial charge in [-0.3, -0.25) is 9.59 Å². The van der Waals surface area contributed by atoms with Crippen LogP contribution in [0, 0.1) is 6.92 Å². The van der Waals surface area contributed by atoms with Crippen molar-refractivity contribution in [3.05, 3.63) is 64.7 Å². The molecule has 1 aromatic carbocycles. The topological polar surface area (TPSA) is 82.6 Å². The molecular formula is C18H15NO5S. The molecule has 6 nitrogen and oxygen atoms in total. The monoisotopic (exact) mass is 357 g/mol. The third-order valence-electron chi connectivity index (χ3n) is 3.80. The number of ketones is 2. The van der Waals surface area contributed by atoms with Crippen molar-refractivity contribution in [1.29, 1.82) is 0 Å². The van der Waals surface area contributed by atoms with E-state index in [1.54, 1.807) is 30.5 Å². The molecular weight excluding hydrogens is 342 g/mol. The van der Waals surface area contributed by atoms with Crippen LogP contribution in [0.25, 0.3) is 0 Å². The predicted molar refractivity (Wildman–Crippen MR) is 89.8 cm³/mol. The lowest BCUT2D eigenvalue weighted by atomic mass is 9.92. The second-order valence-electron chi connectivity index (χ2n) is 5.34. The molecule has 25 heavy (non-hydrogen) atoms. The van der Waals surface area contributed by atoms with Gasteiger partial charge in [-0.2, -0.15) is 0 Å². The van der Waals surface area contributed by atoms with Gasteiger partial charge in [0.2, 0.25) is 23.1 Å². The highest BCUT2D eigenvalue weighted by atomic mass is 32.2. The number of benzene rings is 1. The molecule has 1 aliphatic rings. The number of fused-ring (bicyclic) bond motifs is 1. The van der Waals surface area contributed by atoms with Crippen LogP contribution in [0.15, 0.2) is 58.0 Å². The number of nitrogens with zero attached hydrogens (tertiary/aromatic N) is 1. The number of rotatable bonds is 4. The van der Waals surface area contributed by atoms with Crippen molar-refractivity contribution in [2.75, 3.05) is 14.2 Å². The van der Waals surface area contributed by atoms with E-state index >= 15 is 0 Å². The normalized spacial score (nSPS) is 15.0. The molecule has 3 rings (SSSR count). The summed E-state index contributed by atoms with van der Waals surface area (Å²) in [5.41, 5.74) is 1.10. The molecule has 1 heterocycles. The Bertz CT molecular complexity index is 948. The van der Waals surface area contributed by atoms with Gasteiger partial charge in [-0.05, 0) is 30.7 Å². The number of carbonyl (C=O) groups is 2. The SMILES string of the molecule is COC1=C(OC)C(=O)c2c(cccc2S(=O)c2cc(C)ccn2)C1=O. The number of aryl methyl sites for hydroxylation is 1. The fourth-order valence-electron chi connectivity index (χ4n) is 2.64. The Balaban J connectivity index is 2.20. The summed E-state index contributed by atoms with van der Waals surface area (Å²) in [6, 6.07) is 8.10. The van der Waals surface area contributed by atoms with Crippen LogP contribution in [0.2, 0.25) is 0 Å². The number of hydrogen-bond acceptors (Lipinski definition) is 6. The van der Waals surface area contributed by atoms with E-state index in [1.165, 1.54) is 20.3 Å². The van der Waals surface area contributed by atoms with E-state index in [4.69, 9.17) is 9.47 Å². The Morgan fingerprint density at radius 1 is 1.00 bits per heavy atom. The molecule has 128 valence electrons. The largest absolute Gasteiger partial charge is 0.489 e. The van der Waals surface area contributed by atoms with Crippen molar-refractivity contribution in [3.63, 3.8) is 0 Å². The van der Waals surface area contributed by atoms with Gasteiger partial charge in [0, 0.05) is 11.8 Å². The third-order valence-corrected chi connectivity index (χ3v) is 5.15. The van der Waals surface area contributed by atoms with Crippen molar-refractivity contribution in [2.24, 2.45) is 0 Å². The average Bonchev–Trinajstić information content (AvgIpc) is 2.63. The Hall–Kier alpha value is -2.80. The molecule has 1 atom stereocenters. The molecule has 0 bridgehead atoms. The van der Waals surface area contributed by atoms with Crippen molar-refractivity contribution >= 4 is 22.4 Å². The van der Waals surface area contributed by atoms with Crippen molar-refractivity contribution in [2.45, 2.75) is 16.8 Å². The summed E-state index contributed by atoms with van der Waals surface area (Å²) in [6.45, 7) is 1.86. The highest BCUT2D eigenvalue weighted by molar-refractivity contribution is 7.85. The van der Waals surface area contributed by atoms with Gasteiger partial charge in [-0.1, -0.05) is 12.1 Å². The van der Waals surface area contributed by atoms with E-state index in [9.17, 15) is 13.8 Å². The van der Waals surface area contributed by atoms with Crippen molar-refractivity contribution < 1.29 is 23.3 Å². The minimum Gasteiger partial charge on any atom is -0.489 e. The average molecular weight is 357 g/mol.